The number of anilines is 2. The molecule has 2 rings (SSSR count). The van der Waals surface area contributed by atoms with E-state index in [1.165, 1.54) is 18.9 Å². The number of hydrogen-bond donors (Lipinski definition) is 3. The summed E-state index contributed by atoms with van der Waals surface area (Å²) in [4.78, 5) is 10.9. The Morgan fingerprint density at radius 1 is 1.37 bits per heavy atom. The van der Waals surface area contributed by atoms with Crippen LogP contribution in [0.2, 0.25) is 0 Å². The smallest absolute Gasteiger partial charge is 0.335 e. The molecule has 0 bridgehead atoms. The lowest BCUT2D eigenvalue weighted by atomic mass is 9.80. The molecule has 0 saturated heterocycles. The number of carboxylic acids is 1. The van der Waals surface area contributed by atoms with Gasteiger partial charge in [0.25, 0.3) is 0 Å². The van der Waals surface area contributed by atoms with Crippen molar-refractivity contribution in [2.24, 2.45) is 11.8 Å². The van der Waals surface area contributed by atoms with E-state index in [9.17, 15) is 4.79 Å². The van der Waals surface area contributed by atoms with E-state index in [-0.39, 0.29) is 5.56 Å². The van der Waals surface area contributed by atoms with Crippen molar-refractivity contribution in [1.82, 2.24) is 0 Å². The molecule has 0 radical (unpaired) electrons. The van der Waals surface area contributed by atoms with Gasteiger partial charge in [0, 0.05) is 6.04 Å². The summed E-state index contributed by atoms with van der Waals surface area (Å²) >= 11 is 0. The maximum Gasteiger partial charge on any atom is 0.335 e. The summed E-state index contributed by atoms with van der Waals surface area (Å²) in [6.45, 7) is 4.55. The summed E-state index contributed by atoms with van der Waals surface area (Å²) in [5, 5.41) is 12.4. The van der Waals surface area contributed by atoms with Gasteiger partial charge in [-0.25, -0.2) is 4.79 Å². The lowest BCUT2D eigenvalue weighted by Gasteiger charge is -2.34. The maximum absolute atomic E-state index is 10.9. The standard InChI is InChI=1S/C15H22N2O2/c1-9-3-5-13(10(2)7-9)17-14-6-4-11(15(18)19)8-12(14)16/h4,6,8-10,13,17H,3,5,7,16H2,1-2H3,(H,18,19). The van der Waals surface area contributed by atoms with Crippen molar-refractivity contribution in [1.29, 1.82) is 0 Å². The first-order chi connectivity index (χ1) is 8.97. The molecule has 3 unspecified atom stereocenters. The fourth-order valence-corrected chi connectivity index (χ4v) is 2.91. The van der Waals surface area contributed by atoms with Crippen molar-refractivity contribution in [2.75, 3.05) is 11.1 Å². The first-order valence-electron chi connectivity index (χ1n) is 6.86. The van der Waals surface area contributed by atoms with Gasteiger partial charge in [0.2, 0.25) is 0 Å². The number of benzene rings is 1. The van der Waals surface area contributed by atoms with Crippen LogP contribution in [0.1, 0.15) is 43.5 Å². The molecule has 1 fully saturated rings. The summed E-state index contributed by atoms with van der Waals surface area (Å²) in [6.07, 6.45) is 3.60. The topological polar surface area (TPSA) is 75.3 Å². The number of rotatable bonds is 3. The van der Waals surface area contributed by atoms with Crippen molar-refractivity contribution in [3.8, 4) is 0 Å². The van der Waals surface area contributed by atoms with E-state index >= 15 is 0 Å². The van der Waals surface area contributed by atoms with Crippen molar-refractivity contribution >= 4 is 17.3 Å². The third-order valence-corrected chi connectivity index (χ3v) is 4.07. The van der Waals surface area contributed by atoms with Gasteiger partial charge in [0.05, 0.1) is 16.9 Å². The Morgan fingerprint density at radius 2 is 2.11 bits per heavy atom. The van der Waals surface area contributed by atoms with Gasteiger partial charge in [-0.15, -0.1) is 0 Å². The second kappa shape index (κ2) is 5.51. The van der Waals surface area contributed by atoms with Gasteiger partial charge in [-0.05, 0) is 49.3 Å². The van der Waals surface area contributed by atoms with Gasteiger partial charge >= 0.3 is 5.97 Å². The second-order valence-corrected chi connectivity index (χ2v) is 5.75. The fraction of sp³-hybridized carbons (Fsp3) is 0.533. The average Bonchev–Trinajstić information content (AvgIpc) is 2.34. The predicted molar refractivity (Wildman–Crippen MR) is 77.4 cm³/mol. The van der Waals surface area contributed by atoms with Crippen LogP contribution in [0, 0.1) is 11.8 Å². The molecule has 4 nitrogen and oxygen atoms in total. The van der Waals surface area contributed by atoms with Gasteiger partial charge in [0.1, 0.15) is 0 Å². The van der Waals surface area contributed by atoms with Crippen LogP contribution in [0.3, 0.4) is 0 Å². The second-order valence-electron chi connectivity index (χ2n) is 5.75. The molecule has 1 aliphatic rings. The number of carbonyl (C=O) groups is 1. The summed E-state index contributed by atoms with van der Waals surface area (Å²) < 4.78 is 0. The normalized spacial score (nSPS) is 26.9. The summed E-state index contributed by atoms with van der Waals surface area (Å²) in [5.74, 6) is 0.459. The van der Waals surface area contributed by atoms with E-state index in [0.29, 0.717) is 17.6 Å². The Balaban J connectivity index is 2.09. The fourth-order valence-electron chi connectivity index (χ4n) is 2.91. The Morgan fingerprint density at radius 3 is 2.68 bits per heavy atom. The van der Waals surface area contributed by atoms with Crippen molar-refractivity contribution in [3.63, 3.8) is 0 Å². The maximum atomic E-state index is 10.9. The third kappa shape index (κ3) is 3.19. The van der Waals surface area contributed by atoms with E-state index in [4.69, 9.17) is 10.8 Å². The van der Waals surface area contributed by atoms with Gasteiger partial charge < -0.3 is 16.2 Å². The molecule has 0 amide bonds. The Labute approximate surface area is 114 Å². The molecule has 1 aliphatic carbocycles. The molecule has 19 heavy (non-hydrogen) atoms. The van der Waals surface area contributed by atoms with Crippen molar-refractivity contribution in [2.45, 2.75) is 39.2 Å². The SMILES string of the molecule is CC1CCC(Nc2ccc(C(=O)O)cc2N)C(C)C1. The minimum absolute atomic E-state index is 0.230. The van der Waals surface area contributed by atoms with Crippen LogP contribution in [0.4, 0.5) is 11.4 Å². The molecule has 0 aromatic heterocycles. The van der Waals surface area contributed by atoms with E-state index in [0.717, 1.165) is 18.0 Å². The van der Waals surface area contributed by atoms with E-state index < -0.39 is 5.97 Å². The molecule has 0 aliphatic heterocycles. The van der Waals surface area contributed by atoms with Gasteiger partial charge in [-0.2, -0.15) is 0 Å². The third-order valence-electron chi connectivity index (χ3n) is 4.07. The highest BCUT2D eigenvalue weighted by molar-refractivity contribution is 5.90. The zero-order valence-electron chi connectivity index (χ0n) is 11.5. The van der Waals surface area contributed by atoms with E-state index in [1.54, 1.807) is 12.1 Å². The van der Waals surface area contributed by atoms with Gasteiger partial charge in [-0.1, -0.05) is 13.8 Å². The highest BCUT2D eigenvalue weighted by Gasteiger charge is 2.25. The van der Waals surface area contributed by atoms with Gasteiger partial charge in [0.15, 0.2) is 0 Å². The molecule has 1 saturated carbocycles. The highest BCUT2D eigenvalue weighted by atomic mass is 16.4. The molecule has 4 heteroatoms. The minimum atomic E-state index is -0.946. The number of carboxylic acid groups (broad SMARTS) is 1. The van der Waals surface area contributed by atoms with E-state index in [2.05, 4.69) is 19.2 Å². The monoisotopic (exact) mass is 262 g/mol. The molecule has 104 valence electrons. The summed E-state index contributed by atoms with van der Waals surface area (Å²) in [5.41, 5.74) is 7.50. The molecule has 4 N–H and O–H groups in total. The van der Waals surface area contributed by atoms with Crippen LogP contribution in [-0.2, 0) is 0 Å². The Bertz CT molecular complexity index is 473. The Hall–Kier alpha value is -1.71. The molecule has 0 heterocycles. The van der Waals surface area contributed by atoms with Gasteiger partial charge in [-0.3, -0.25) is 0 Å². The minimum Gasteiger partial charge on any atom is -0.478 e. The largest absolute Gasteiger partial charge is 0.478 e. The number of aromatic carboxylic acids is 1. The molecule has 0 spiro atoms. The van der Waals surface area contributed by atoms with Crippen LogP contribution in [0.5, 0.6) is 0 Å². The van der Waals surface area contributed by atoms with Crippen LogP contribution in [0.15, 0.2) is 18.2 Å². The number of nitrogen functional groups attached to an aromatic ring is 1. The first kappa shape index (κ1) is 13.7. The lowest BCUT2D eigenvalue weighted by molar-refractivity contribution is 0.0697. The van der Waals surface area contributed by atoms with Crippen LogP contribution in [0.25, 0.3) is 0 Å². The van der Waals surface area contributed by atoms with Crippen LogP contribution < -0.4 is 11.1 Å². The number of nitrogens with two attached hydrogens (primary N) is 1. The van der Waals surface area contributed by atoms with Crippen molar-refractivity contribution < 1.29 is 9.90 Å². The number of hydrogen-bond acceptors (Lipinski definition) is 3. The van der Waals surface area contributed by atoms with Crippen molar-refractivity contribution in [3.05, 3.63) is 23.8 Å². The number of nitrogens with one attached hydrogen (secondary N) is 1. The summed E-state index contributed by atoms with van der Waals surface area (Å²) in [7, 11) is 0. The molecular formula is C15H22N2O2. The zero-order valence-corrected chi connectivity index (χ0v) is 11.5. The van der Waals surface area contributed by atoms with Crippen LogP contribution >= 0.6 is 0 Å². The Kier molecular flexibility index (Phi) is 3.98. The predicted octanol–water partition coefficient (Wildman–Crippen LogP) is 3.20. The summed E-state index contributed by atoms with van der Waals surface area (Å²) in [6, 6.07) is 5.30. The van der Waals surface area contributed by atoms with E-state index in [1.807, 2.05) is 0 Å². The molecule has 1 aromatic rings. The van der Waals surface area contributed by atoms with Crippen LogP contribution in [-0.4, -0.2) is 17.1 Å². The zero-order chi connectivity index (χ0) is 14.0. The molecular weight excluding hydrogens is 240 g/mol. The quantitative estimate of drug-likeness (QED) is 0.731. The first-order valence-corrected chi connectivity index (χ1v) is 6.86. The molecule has 3 atom stereocenters. The molecule has 1 aromatic carbocycles. The highest BCUT2D eigenvalue weighted by Crippen LogP contribution is 2.32. The lowest BCUT2D eigenvalue weighted by Crippen LogP contribution is -2.33. The average molecular weight is 262 g/mol.